The number of anilines is 1. The smallest absolute Gasteiger partial charge is 0.255 e. The highest BCUT2D eigenvalue weighted by Crippen LogP contribution is 2.44. The Morgan fingerprint density at radius 1 is 0.972 bits per heavy atom. The van der Waals surface area contributed by atoms with Gasteiger partial charge < -0.3 is 5.32 Å². The quantitative estimate of drug-likeness (QED) is 0.509. The molecule has 0 heterocycles. The first-order valence-corrected chi connectivity index (χ1v) is 15.0. The summed E-state index contributed by atoms with van der Waals surface area (Å²) in [6.45, 7) is 0. The molecule has 0 spiro atoms. The van der Waals surface area contributed by atoms with Crippen molar-refractivity contribution < 1.29 is 34.8 Å². The normalized spacial score (nSPS) is 24.4. The van der Waals surface area contributed by atoms with Gasteiger partial charge in [0, 0.05) is 29.4 Å². The standard InChI is InChI=1S/C23H24ClF3N2O5S2/c1-35(31,32)29-22-12-3-2-4-13(22)8-16(7-12)36(33,34)20-9-14(5-6-17(20)24)23(30)28-15-10-18(25)21(27)19(26)11-15/h5-6,9-13,16,22,29H,2-4,7-8H2,1H3,(H,28,30). The minimum absolute atomic E-state index is 0.0908. The number of sulfonamides is 1. The fourth-order valence-corrected chi connectivity index (χ4v) is 8.56. The SMILES string of the molecule is CS(=O)(=O)NC1C2CCCC1CC(S(=O)(=O)c1cc(C(=O)Nc3cc(F)c(F)c(F)c3)ccc1Cl)C2. The van der Waals surface area contributed by atoms with E-state index >= 15 is 0 Å². The molecule has 36 heavy (non-hydrogen) atoms. The van der Waals surface area contributed by atoms with Crippen LogP contribution in [0.2, 0.25) is 5.02 Å². The molecule has 2 N–H and O–H groups in total. The highest BCUT2D eigenvalue weighted by molar-refractivity contribution is 7.92. The maximum Gasteiger partial charge on any atom is 0.255 e. The summed E-state index contributed by atoms with van der Waals surface area (Å²) in [6.07, 6.45) is 3.83. The zero-order chi connectivity index (χ0) is 26.4. The third kappa shape index (κ3) is 5.56. The molecule has 2 aromatic rings. The molecule has 0 aromatic heterocycles. The van der Waals surface area contributed by atoms with Gasteiger partial charge in [0.1, 0.15) is 0 Å². The van der Waals surface area contributed by atoms with E-state index in [0.717, 1.165) is 18.7 Å². The monoisotopic (exact) mass is 564 g/mol. The van der Waals surface area contributed by atoms with E-state index in [9.17, 15) is 34.8 Å². The third-order valence-corrected chi connectivity index (χ3v) is 10.2. The Kier molecular flexibility index (Phi) is 7.44. The molecule has 196 valence electrons. The molecule has 2 aliphatic rings. The number of fused-ring (bicyclic) bond motifs is 2. The Morgan fingerprint density at radius 2 is 1.56 bits per heavy atom. The number of hydrogen-bond acceptors (Lipinski definition) is 5. The Bertz CT molecular complexity index is 1380. The first-order valence-electron chi connectivity index (χ1n) is 11.2. The predicted octanol–water partition coefficient (Wildman–Crippen LogP) is 4.28. The number of nitrogens with one attached hydrogen (secondary N) is 2. The van der Waals surface area contributed by atoms with Crippen LogP contribution in [0.4, 0.5) is 18.9 Å². The van der Waals surface area contributed by atoms with Gasteiger partial charge in [0.15, 0.2) is 27.3 Å². The van der Waals surface area contributed by atoms with Gasteiger partial charge in [0.25, 0.3) is 5.91 Å². The Labute approximate surface area is 212 Å². The summed E-state index contributed by atoms with van der Waals surface area (Å²) < 4.78 is 93.6. The van der Waals surface area contributed by atoms with Crippen LogP contribution < -0.4 is 10.0 Å². The number of carbonyl (C=O) groups is 1. The number of amides is 1. The molecule has 4 rings (SSSR count). The van der Waals surface area contributed by atoms with E-state index in [1.807, 2.05) is 0 Å². The summed E-state index contributed by atoms with van der Waals surface area (Å²) in [6, 6.07) is 4.47. The van der Waals surface area contributed by atoms with Gasteiger partial charge in [-0.15, -0.1) is 0 Å². The van der Waals surface area contributed by atoms with E-state index in [1.165, 1.54) is 12.1 Å². The molecule has 2 fully saturated rings. The Morgan fingerprint density at radius 3 is 2.11 bits per heavy atom. The average molecular weight is 565 g/mol. The first kappa shape index (κ1) is 26.9. The summed E-state index contributed by atoms with van der Waals surface area (Å²) in [7, 11) is -7.47. The molecule has 2 atom stereocenters. The maximum absolute atomic E-state index is 13.6. The second kappa shape index (κ2) is 9.96. The topological polar surface area (TPSA) is 109 Å². The van der Waals surface area contributed by atoms with E-state index < -0.39 is 48.5 Å². The van der Waals surface area contributed by atoms with Crippen molar-refractivity contribution in [2.75, 3.05) is 11.6 Å². The van der Waals surface area contributed by atoms with E-state index in [0.29, 0.717) is 25.0 Å². The summed E-state index contributed by atoms with van der Waals surface area (Å²) in [5, 5.41) is 1.31. The molecule has 2 aromatic carbocycles. The van der Waals surface area contributed by atoms with Crippen molar-refractivity contribution in [1.29, 1.82) is 0 Å². The van der Waals surface area contributed by atoms with Gasteiger partial charge in [-0.2, -0.15) is 0 Å². The summed E-state index contributed by atoms with van der Waals surface area (Å²) in [5.41, 5.74) is -0.476. The van der Waals surface area contributed by atoms with Gasteiger partial charge in [0.05, 0.1) is 21.4 Å². The van der Waals surface area contributed by atoms with Crippen LogP contribution in [0.25, 0.3) is 0 Å². The number of hydrogen-bond donors (Lipinski definition) is 2. The predicted molar refractivity (Wildman–Crippen MR) is 129 cm³/mol. The minimum Gasteiger partial charge on any atom is -0.322 e. The first-order chi connectivity index (χ1) is 16.8. The maximum atomic E-state index is 13.6. The average Bonchev–Trinajstić information content (AvgIpc) is 2.76. The van der Waals surface area contributed by atoms with Crippen molar-refractivity contribution in [3.8, 4) is 0 Å². The van der Waals surface area contributed by atoms with Crippen LogP contribution in [0.3, 0.4) is 0 Å². The molecule has 2 unspecified atom stereocenters. The van der Waals surface area contributed by atoms with Gasteiger partial charge in [0.2, 0.25) is 10.0 Å². The highest BCUT2D eigenvalue weighted by atomic mass is 35.5. The Balaban J connectivity index is 1.59. The largest absolute Gasteiger partial charge is 0.322 e. The van der Waals surface area contributed by atoms with Crippen LogP contribution in [-0.2, 0) is 19.9 Å². The fraction of sp³-hybridized carbons (Fsp3) is 0.435. The Hall–Kier alpha value is -2.15. The van der Waals surface area contributed by atoms with Crippen LogP contribution in [0.5, 0.6) is 0 Å². The van der Waals surface area contributed by atoms with Crippen LogP contribution in [0.15, 0.2) is 35.2 Å². The number of halogens is 4. The summed E-state index contributed by atoms with van der Waals surface area (Å²) in [4.78, 5) is 12.4. The van der Waals surface area contributed by atoms with Gasteiger partial charge in [-0.1, -0.05) is 18.0 Å². The molecule has 0 radical (unpaired) electrons. The second-order valence-electron chi connectivity index (χ2n) is 9.36. The lowest BCUT2D eigenvalue weighted by molar-refractivity contribution is 0.102. The third-order valence-electron chi connectivity index (χ3n) is 6.83. The van der Waals surface area contributed by atoms with Crippen molar-refractivity contribution in [2.45, 2.75) is 48.3 Å². The zero-order valence-corrected chi connectivity index (χ0v) is 21.5. The lowest BCUT2D eigenvalue weighted by Crippen LogP contribution is -2.53. The lowest BCUT2D eigenvalue weighted by atomic mass is 9.69. The van der Waals surface area contributed by atoms with E-state index in [4.69, 9.17) is 11.6 Å². The second-order valence-corrected chi connectivity index (χ2v) is 13.7. The number of benzene rings is 2. The van der Waals surface area contributed by atoms with E-state index in [-0.39, 0.29) is 51.9 Å². The van der Waals surface area contributed by atoms with Crippen molar-refractivity contribution >= 4 is 43.1 Å². The van der Waals surface area contributed by atoms with Gasteiger partial charge in [-0.3, -0.25) is 4.79 Å². The van der Waals surface area contributed by atoms with Crippen LogP contribution in [0, 0.1) is 29.3 Å². The number of sulfone groups is 1. The molecule has 1 amide bonds. The van der Waals surface area contributed by atoms with Crippen molar-refractivity contribution in [1.82, 2.24) is 4.72 Å². The van der Waals surface area contributed by atoms with Gasteiger partial charge in [-0.05, 0) is 55.7 Å². The van der Waals surface area contributed by atoms with Gasteiger partial charge >= 0.3 is 0 Å². The molecule has 0 aliphatic heterocycles. The van der Waals surface area contributed by atoms with Crippen molar-refractivity contribution in [3.63, 3.8) is 0 Å². The number of rotatable bonds is 6. The minimum atomic E-state index is -4.01. The molecule has 2 bridgehead atoms. The molecule has 13 heteroatoms. The van der Waals surface area contributed by atoms with Crippen LogP contribution >= 0.6 is 11.6 Å². The van der Waals surface area contributed by atoms with Crippen LogP contribution in [-0.4, -0.2) is 40.3 Å². The number of carbonyl (C=O) groups excluding carboxylic acids is 1. The van der Waals surface area contributed by atoms with E-state index in [1.54, 1.807) is 0 Å². The fourth-order valence-electron chi connectivity index (χ4n) is 5.25. The molecule has 2 aliphatic carbocycles. The summed E-state index contributed by atoms with van der Waals surface area (Å²) in [5.74, 6) is -5.83. The van der Waals surface area contributed by atoms with Crippen LogP contribution in [0.1, 0.15) is 42.5 Å². The molecular weight excluding hydrogens is 541 g/mol. The van der Waals surface area contributed by atoms with Crippen molar-refractivity contribution in [3.05, 3.63) is 58.4 Å². The highest BCUT2D eigenvalue weighted by Gasteiger charge is 2.46. The molecular formula is C23H24ClF3N2O5S2. The van der Waals surface area contributed by atoms with E-state index in [2.05, 4.69) is 10.0 Å². The summed E-state index contributed by atoms with van der Waals surface area (Å²) >= 11 is 6.22. The van der Waals surface area contributed by atoms with Gasteiger partial charge in [-0.25, -0.2) is 34.7 Å². The lowest BCUT2D eigenvalue weighted by Gasteiger charge is -2.45. The molecule has 2 saturated carbocycles. The molecule has 7 nitrogen and oxygen atoms in total. The van der Waals surface area contributed by atoms with Crippen molar-refractivity contribution in [2.24, 2.45) is 11.8 Å². The zero-order valence-electron chi connectivity index (χ0n) is 19.1. The molecule has 0 saturated heterocycles.